The van der Waals surface area contributed by atoms with Crippen molar-refractivity contribution in [3.05, 3.63) is 27.8 Å². The maximum Gasteiger partial charge on any atom is 0.265 e. The van der Waals surface area contributed by atoms with Gasteiger partial charge in [0, 0.05) is 13.1 Å². The Bertz CT molecular complexity index is 621. The van der Waals surface area contributed by atoms with Crippen molar-refractivity contribution < 1.29 is 9.32 Å². The summed E-state index contributed by atoms with van der Waals surface area (Å²) in [5.74, 6) is 1.48. The number of nitrogens with zero attached hydrogens (tertiary/aromatic N) is 4. The van der Waals surface area contributed by atoms with E-state index in [0.29, 0.717) is 18.3 Å². The summed E-state index contributed by atoms with van der Waals surface area (Å²) in [6, 6.07) is 0. The van der Waals surface area contributed by atoms with Crippen LogP contribution in [0.25, 0.3) is 0 Å². The molecule has 1 saturated heterocycles. The first-order valence-corrected chi connectivity index (χ1v) is 7.52. The van der Waals surface area contributed by atoms with Crippen molar-refractivity contribution in [2.45, 2.75) is 32.6 Å². The van der Waals surface area contributed by atoms with E-state index in [-0.39, 0.29) is 11.8 Å². The lowest BCUT2D eigenvalue weighted by atomic mass is 9.98. The molecule has 0 aliphatic carbocycles. The zero-order chi connectivity index (χ0) is 14.1. The van der Waals surface area contributed by atoms with Gasteiger partial charge >= 0.3 is 0 Å². The maximum absolute atomic E-state index is 12.5. The average Bonchev–Trinajstić information content (AvgIpc) is 3.07. The number of aryl methyl sites for hydroxylation is 2. The molecule has 2 aromatic rings. The number of hydrogen-bond acceptors (Lipinski definition) is 6. The van der Waals surface area contributed by atoms with Gasteiger partial charge in [-0.1, -0.05) is 5.16 Å². The molecular formula is C13H16N4O2S. The molecule has 0 spiro atoms. The Hall–Kier alpha value is -1.76. The predicted molar refractivity (Wildman–Crippen MR) is 73.8 cm³/mol. The Morgan fingerprint density at radius 3 is 3.00 bits per heavy atom. The van der Waals surface area contributed by atoms with E-state index in [0.717, 1.165) is 30.0 Å². The largest absolute Gasteiger partial charge is 0.339 e. The van der Waals surface area contributed by atoms with Crippen molar-refractivity contribution in [1.29, 1.82) is 0 Å². The fraction of sp³-hybridized carbons (Fsp3) is 0.538. The second kappa shape index (κ2) is 5.32. The van der Waals surface area contributed by atoms with E-state index in [1.54, 1.807) is 12.4 Å². The van der Waals surface area contributed by atoms with Crippen LogP contribution >= 0.6 is 11.3 Å². The normalized spacial score (nSPS) is 19.3. The van der Waals surface area contributed by atoms with Crippen LogP contribution in [0.2, 0.25) is 0 Å². The van der Waals surface area contributed by atoms with Crippen LogP contribution in [0.5, 0.6) is 0 Å². The second-order valence-corrected chi connectivity index (χ2v) is 5.89. The first-order chi connectivity index (χ1) is 9.65. The molecule has 0 bridgehead atoms. The van der Waals surface area contributed by atoms with Crippen molar-refractivity contribution in [1.82, 2.24) is 20.0 Å². The van der Waals surface area contributed by atoms with E-state index in [1.807, 2.05) is 11.8 Å². The number of amides is 1. The Kier molecular flexibility index (Phi) is 3.52. The van der Waals surface area contributed by atoms with Gasteiger partial charge in [-0.3, -0.25) is 4.79 Å². The van der Waals surface area contributed by atoms with Crippen molar-refractivity contribution in [2.24, 2.45) is 0 Å². The number of rotatable bonds is 2. The van der Waals surface area contributed by atoms with Gasteiger partial charge in [-0.2, -0.15) is 4.98 Å². The number of carbonyl (C=O) groups is 1. The molecule has 1 aliphatic heterocycles. The summed E-state index contributed by atoms with van der Waals surface area (Å²) in [4.78, 5) is 23.5. The van der Waals surface area contributed by atoms with E-state index in [4.69, 9.17) is 4.52 Å². The molecule has 1 fully saturated rings. The fourth-order valence-electron chi connectivity index (χ4n) is 2.49. The molecule has 0 N–H and O–H groups in total. The Balaban J connectivity index is 1.75. The number of aromatic nitrogens is 3. The van der Waals surface area contributed by atoms with E-state index in [9.17, 15) is 4.79 Å². The third kappa shape index (κ3) is 2.45. The molecule has 0 saturated carbocycles. The zero-order valence-electron chi connectivity index (χ0n) is 11.5. The lowest BCUT2D eigenvalue weighted by molar-refractivity contribution is 0.0699. The highest BCUT2D eigenvalue weighted by Gasteiger charge is 2.29. The monoisotopic (exact) mass is 292 g/mol. The first-order valence-electron chi connectivity index (χ1n) is 6.64. The minimum Gasteiger partial charge on any atom is -0.339 e. The molecule has 0 aromatic carbocycles. The quantitative estimate of drug-likeness (QED) is 0.848. The van der Waals surface area contributed by atoms with Gasteiger partial charge in [0.15, 0.2) is 5.82 Å². The lowest BCUT2D eigenvalue weighted by Gasteiger charge is -2.30. The zero-order valence-corrected chi connectivity index (χ0v) is 12.3. The van der Waals surface area contributed by atoms with Gasteiger partial charge < -0.3 is 9.42 Å². The van der Waals surface area contributed by atoms with Crippen LogP contribution in [0.1, 0.15) is 45.8 Å². The van der Waals surface area contributed by atoms with Gasteiger partial charge in [-0.25, -0.2) is 4.98 Å². The Labute approximate surface area is 120 Å². The first kappa shape index (κ1) is 13.2. The second-order valence-electron chi connectivity index (χ2n) is 5.04. The molecular weight excluding hydrogens is 276 g/mol. The summed E-state index contributed by atoms with van der Waals surface area (Å²) in [6.07, 6.45) is 1.93. The van der Waals surface area contributed by atoms with Gasteiger partial charge in [0.25, 0.3) is 5.91 Å². The molecule has 6 nitrogen and oxygen atoms in total. The molecule has 7 heteroatoms. The third-order valence-electron chi connectivity index (χ3n) is 3.54. The molecule has 0 radical (unpaired) electrons. The minimum absolute atomic E-state index is 0.0611. The summed E-state index contributed by atoms with van der Waals surface area (Å²) < 4.78 is 5.24. The van der Waals surface area contributed by atoms with Gasteiger partial charge in [0.2, 0.25) is 5.89 Å². The maximum atomic E-state index is 12.5. The molecule has 1 unspecified atom stereocenters. The highest BCUT2D eigenvalue weighted by molar-refractivity contribution is 7.11. The minimum atomic E-state index is 0.0611. The molecule has 20 heavy (non-hydrogen) atoms. The Morgan fingerprint density at radius 1 is 1.50 bits per heavy atom. The van der Waals surface area contributed by atoms with Crippen molar-refractivity contribution >= 4 is 17.2 Å². The van der Waals surface area contributed by atoms with Gasteiger partial charge in [0.1, 0.15) is 4.88 Å². The molecule has 2 aromatic heterocycles. The van der Waals surface area contributed by atoms with Crippen LogP contribution in [0, 0.1) is 13.8 Å². The summed E-state index contributed by atoms with van der Waals surface area (Å²) in [5, 5.41) is 3.83. The number of likely N-dealkylation sites (tertiary alicyclic amines) is 1. The van der Waals surface area contributed by atoms with Gasteiger partial charge in [0.05, 0.1) is 17.1 Å². The predicted octanol–water partition coefficient (Wildman–Crippen LogP) is 2.16. The highest BCUT2D eigenvalue weighted by atomic mass is 32.1. The van der Waals surface area contributed by atoms with Crippen LogP contribution in [0.3, 0.4) is 0 Å². The summed E-state index contributed by atoms with van der Waals surface area (Å²) in [7, 11) is 0. The van der Waals surface area contributed by atoms with Crippen LogP contribution in [0.15, 0.2) is 10.0 Å². The fourth-order valence-corrected chi connectivity index (χ4v) is 3.26. The van der Waals surface area contributed by atoms with Crippen LogP contribution < -0.4 is 0 Å². The van der Waals surface area contributed by atoms with Crippen molar-refractivity contribution in [3.63, 3.8) is 0 Å². The third-order valence-corrected chi connectivity index (χ3v) is 4.46. The molecule has 1 amide bonds. The summed E-state index contributed by atoms with van der Waals surface area (Å²) >= 11 is 1.40. The van der Waals surface area contributed by atoms with Crippen molar-refractivity contribution in [2.75, 3.05) is 13.1 Å². The van der Waals surface area contributed by atoms with Gasteiger partial charge in [-0.15, -0.1) is 11.3 Å². The molecule has 3 rings (SSSR count). The molecule has 1 aliphatic rings. The van der Waals surface area contributed by atoms with Crippen LogP contribution in [-0.4, -0.2) is 39.0 Å². The number of thiazole rings is 1. The molecule has 3 heterocycles. The highest BCUT2D eigenvalue weighted by Crippen LogP contribution is 2.27. The number of piperidine rings is 1. The topological polar surface area (TPSA) is 72.1 Å². The van der Waals surface area contributed by atoms with E-state index < -0.39 is 0 Å². The smallest absolute Gasteiger partial charge is 0.265 e. The summed E-state index contributed by atoms with van der Waals surface area (Å²) in [5.41, 5.74) is 2.52. The standard InChI is InChI=1S/C13H16N4O2S/c1-8-11(20-7-14-8)13(18)17-5-3-4-10(6-17)12-15-9(2)16-19-12/h7,10H,3-6H2,1-2H3. The molecule has 1 atom stereocenters. The van der Waals surface area contributed by atoms with E-state index in [1.165, 1.54) is 11.3 Å². The molecule has 106 valence electrons. The summed E-state index contributed by atoms with van der Waals surface area (Å²) in [6.45, 7) is 5.09. The SMILES string of the molecule is Cc1noc(C2CCCN(C(=O)c3scnc3C)C2)n1. The number of carbonyl (C=O) groups excluding carboxylic acids is 1. The average molecular weight is 292 g/mol. The van der Waals surface area contributed by atoms with Crippen LogP contribution in [0.4, 0.5) is 0 Å². The van der Waals surface area contributed by atoms with Crippen LogP contribution in [-0.2, 0) is 0 Å². The van der Waals surface area contributed by atoms with Crippen molar-refractivity contribution in [3.8, 4) is 0 Å². The lowest BCUT2D eigenvalue weighted by Crippen LogP contribution is -2.39. The number of hydrogen-bond donors (Lipinski definition) is 0. The van der Waals surface area contributed by atoms with Gasteiger partial charge in [-0.05, 0) is 26.7 Å². The Morgan fingerprint density at radius 2 is 2.35 bits per heavy atom. The van der Waals surface area contributed by atoms with E-state index in [2.05, 4.69) is 15.1 Å². The van der Waals surface area contributed by atoms with E-state index >= 15 is 0 Å².